The predicted molar refractivity (Wildman–Crippen MR) is 84.4 cm³/mol. The highest BCUT2D eigenvalue weighted by atomic mass is 16.3. The van der Waals surface area contributed by atoms with Gasteiger partial charge in [-0.3, -0.25) is 4.90 Å². The van der Waals surface area contributed by atoms with E-state index in [0.717, 1.165) is 32.2 Å². The lowest BCUT2D eigenvalue weighted by Gasteiger charge is -2.29. The summed E-state index contributed by atoms with van der Waals surface area (Å²) in [6, 6.07) is 0.874. The maximum atomic E-state index is 11.1. The molecule has 2 fully saturated rings. The van der Waals surface area contributed by atoms with Crippen LogP contribution in [0.3, 0.4) is 0 Å². The van der Waals surface area contributed by atoms with Crippen molar-refractivity contribution in [3.63, 3.8) is 0 Å². The Labute approximate surface area is 125 Å². The number of rotatable bonds is 9. The first kappa shape index (κ1) is 16.3. The Morgan fingerprint density at radius 3 is 2.15 bits per heavy atom. The zero-order valence-electron chi connectivity index (χ0n) is 13.3. The zero-order valence-corrected chi connectivity index (χ0v) is 13.3. The highest BCUT2D eigenvalue weighted by molar-refractivity contribution is 5.37. The second-order valence-corrected chi connectivity index (χ2v) is 6.46. The van der Waals surface area contributed by atoms with Crippen molar-refractivity contribution in [1.82, 2.24) is 4.90 Å². The molecule has 2 nitrogen and oxygen atoms in total. The SMILES string of the molecule is CCCCC(O)(CCCC)[C@@H]1[C@H](C)N1C[C]1[CH][CH][CH][CH]1. The lowest BCUT2D eigenvalue weighted by Crippen LogP contribution is -2.38. The van der Waals surface area contributed by atoms with Gasteiger partial charge in [0, 0.05) is 12.6 Å². The van der Waals surface area contributed by atoms with Crippen LogP contribution >= 0.6 is 0 Å². The fourth-order valence-electron chi connectivity index (χ4n) is 3.53. The highest BCUT2D eigenvalue weighted by Crippen LogP contribution is 2.43. The second kappa shape index (κ2) is 7.26. The maximum Gasteiger partial charge on any atom is 0.0817 e. The fourth-order valence-corrected chi connectivity index (χ4v) is 3.53. The van der Waals surface area contributed by atoms with Crippen LogP contribution in [0.1, 0.15) is 59.3 Å². The highest BCUT2D eigenvalue weighted by Gasteiger charge is 2.55. The van der Waals surface area contributed by atoms with E-state index in [4.69, 9.17) is 0 Å². The van der Waals surface area contributed by atoms with E-state index >= 15 is 0 Å². The number of hydrogen-bond acceptors (Lipinski definition) is 2. The van der Waals surface area contributed by atoms with Gasteiger partial charge in [-0.05, 0) is 51.4 Å². The Morgan fingerprint density at radius 2 is 1.65 bits per heavy atom. The molecule has 2 rings (SSSR count). The van der Waals surface area contributed by atoms with Crippen molar-refractivity contribution < 1.29 is 5.11 Å². The minimum atomic E-state index is -0.474. The summed E-state index contributed by atoms with van der Waals surface area (Å²) >= 11 is 0. The van der Waals surface area contributed by atoms with Gasteiger partial charge in [-0.25, -0.2) is 0 Å². The summed E-state index contributed by atoms with van der Waals surface area (Å²) in [5, 5.41) is 11.1. The van der Waals surface area contributed by atoms with Crippen molar-refractivity contribution in [1.29, 1.82) is 0 Å². The monoisotopic (exact) mass is 276 g/mol. The van der Waals surface area contributed by atoms with Gasteiger partial charge in [-0.1, -0.05) is 39.5 Å². The van der Waals surface area contributed by atoms with Crippen LogP contribution in [0.15, 0.2) is 0 Å². The first-order valence-electron chi connectivity index (χ1n) is 8.31. The lowest BCUT2D eigenvalue weighted by molar-refractivity contribution is 0.00545. The average Bonchev–Trinajstić information content (AvgIpc) is 2.87. The van der Waals surface area contributed by atoms with Crippen LogP contribution in [-0.4, -0.2) is 34.2 Å². The molecule has 0 aromatic carbocycles. The molecule has 1 saturated carbocycles. The van der Waals surface area contributed by atoms with Gasteiger partial charge in [-0.2, -0.15) is 0 Å². The van der Waals surface area contributed by atoms with Gasteiger partial charge >= 0.3 is 0 Å². The van der Waals surface area contributed by atoms with Crippen molar-refractivity contribution in [3.05, 3.63) is 31.6 Å². The third kappa shape index (κ3) is 3.76. The fraction of sp³-hybridized carbons (Fsp3) is 0.722. The number of aliphatic hydroxyl groups is 1. The van der Waals surface area contributed by atoms with E-state index in [2.05, 4.69) is 51.4 Å². The number of unbranched alkanes of at least 4 members (excludes halogenated alkanes) is 2. The van der Waals surface area contributed by atoms with Crippen molar-refractivity contribution >= 4 is 0 Å². The van der Waals surface area contributed by atoms with Crippen LogP contribution < -0.4 is 0 Å². The Hall–Kier alpha value is -0.0800. The van der Waals surface area contributed by atoms with Crippen molar-refractivity contribution in [2.24, 2.45) is 0 Å². The molecule has 0 aromatic rings. The molecule has 0 spiro atoms. The largest absolute Gasteiger partial charge is 0.388 e. The molecular weight excluding hydrogens is 246 g/mol. The molecule has 2 heteroatoms. The Kier molecular flexibility index (Phi) is 5.92. The van der Waals surface area contributed by atoms with Gasteiger partial charge in [0.25, 0.3) is 0 Å². The summed E-state index contributed by atoms with van der Waals surface area (Å²) in [7, 11) is 0. The van der Waals surface area contributed by atoms with Crippen molar-refractivity contribution in [3.8, 4) is 0 Å². The Morgan fingerprint density at radius 1 is 1.10 bits per heavy atom. The van der Waals surface area contributed by atoms with Crippen LogP contribution in [0.2, 0.25) is 0 Å². The molecule has 2 aliphatic rings. The third-order valence-corrected chi connectivity index (χ3v) is 4.82. The van der Waals surface area contributed by atoms with Crippen LogP contribution in [0.25, 0.3) is 0 Å². The van der Waals surface area contributed by atoms with E-state index in [-0.39, 0.29) is 0 Å². The molecule has 20 heavy (non-hydrogen) atoms. The summed E-state index contributed by atoms with van der Waals surface area (Å²) in [5.41, 5.74) is -0.474. The van der Waals surface area contributed by atoms with Gasteiger partial charge in [-0.15, -0.1) is 0 Å². The van der Waals surface area contributed by atoms with Gasteiger partial charge in [0.1, 0.15) is 0 Å². The summed E-state index contributed by atoms with van der Waals surface area (Å²) < 4.78 is 0. The molecule has 0 aromatic heterocycles. The van der Waals surface area contributed by atoms with Crippen LogP contribution in [-0.2, 0) is 0 Å². The topological polar surface area (TPSA) is 23.2 Å². The van der Waals surface area contributed by atoms with Crippen molar-refractivity contribution in [2.75, 3.05) is 6.54 Å². The zero-order chi connectivity index (χ0) is 14.6. The quantitative estimate of drug-likeness (QED) is 0.651. The molecule has 1 heterocycles. The van der Waals surface area contributed by atoms with Crippen LogP contribution in [0.4, 0.5) is 0 Å². The van der Waals surface area contributed by atoms with Gasteiger partial charge < -0.3 is 5.11 Å². The van der Waals surface area contributed by atoms with E-state index in [1.807, 2.05) is 0 Å². The van der Waals surface area contributed by atoms with E-state index in [0.29, 0.717) is 12.1 Å². The molecule has 0 amide bonds. The standard InChI is InChI=1S/C18H30NO/c1-4-6-12-18(20,13-7-5-2)17-15(3)19(17)14-16-10-8-9-11-16/h8-11,15,17,20H,4-7,12-14H2,1-3H3/t15-,17-,19?/m0/s1. The van der Waals surface area contributed by atoms with E-state index in [1.165, 1.54) is 18.8 Å². The molecule has 1 unspecified atom stereocenters. The molecule has 1 N–H and O–H groups in total. The summed E-state index contributed by atoms with van der Waals surface area (Å²) in [6.45, 7) is 7.66. The molecule has 1 aliphatic carbocycles. The summed E-state index contributed by atoms with van der Waals surface area (Å²) in [6.07, 6.45) is 15.1. The molecule has 1 saturated heterocycles. The van der Waals surface area contributed by atoms with Crippen molar-refractivity contribution in [2.45, 2.75) is 77.0 Å². The summed E-state index contributed by atoms with van der Waals surface area (Å²) in [4.78, 5) is 2.46. The predicted octanol–water partition coefficient (Wildman–Crippen LogP) is 3.58. The average molecular weight is 276 g/mol. The molecule has 3 atom stereocenters. The molecule has 113 valence electrons. The maximum absolute atomic E-state index is 11.1. The minimum Gasteiger partial charge on any atom is -0.388 e. The summed E-state index contributed by atoms with van der Waals surface area (Å²) in [5.74, 6) is 1.37. The molecular formula is C18H30NO. The third-order valence-electron chi connectivity index (χ3n) is 4.82. The van der Waals surface area contributed by atoms with Gasteiger partial charge in [0.2, 0.25) is 0 Å². The van der Waals surface area contributed by atoms with E-state index < -0.39 is 5.60 Å². The van der Waals surface area contributed by atoms with Gasteiger partial charge in [0.15, 0.2) is 0 Å². The molecule has 1 aliphatic heterocycles. The Bertz CT molecular complexity index is 277. The normalized spacial score (nSPS) is 30.9. The van der Waals surface area contributed by atoms with E-state index in [9.17, 15) is 5.11 Å². The lowest BCUT2D eigenvalue weighted by atomic mass is 9.86. The molecule has 0 bridgehead atoms. The second-order valence-electron chi connectivity index (χ2n) is 6.46. The first-order valence-corrected chi connectivity index (χ1v) is 8.31. The van der Waals surface area contributed by atoms with Gasteiger partial charge in [0.05, 0.1) is 11.6 Å². The van der Waals surface area contributed by atoms with Crippen LogP contribution in [0.5, 0.6) is 0 Å². The first-order chi connectivity index (χ1) is 9.62. The van der Waals surface area contributed by atoms with E-state index in [1.54, 1.807) is 0 Å². The number of hydrogen-bond donors (Lipinski definition) is 1. The number of nitrogens with zero attached hydrogens (tertiary/aromatic N) is 1. The Balaban J connectivity index is 1.90. The molecule has 5 radical (unpaired) electrons. The smallest absolute Gasteiger partial charge is 0.0817 e. The minimum absolute atomic E-state index is 0.357. The van der Waals surface area contributed by atoms with Crippen LogP contribution in [0, 0.1) is 31.6 Å².